The molecule has 1 aromatic carbocycles. The third kappa shape index (κ3) is 12.7. The monoisotopic (exact) mass is 696 g/mol. The summed E-state index contributed by atoms with van der Waals surface area (Å²) in [6.07, 6.45) is -1.42. The second-order valence-electron chi connectivity index (χ2n) is 12.8. The van der Waals surface area contributed by atoms with Gasteiger partial charge in [-0.2, -0.15) is 4.21 Å². The second-order valence-corrected chi connectivity index (χ2v) is 13.6. The smallest absolute Gasteiger partial charge is 0.414 e. The lowest BCUT2D eigenvalue weighted by atomic mass is 10.0. The van der Waals surface area contributed by atoms with Crippen LogP contribution in [0.1, 0.15) is 93.5 Å². The van der Waals surface area contributed by atoms with E-state index in [0.29, 0.717) is 17.1 Å². The molecule has 1 aromatic heterocycles. The number of aliphatic hydroxyl groups excluding tert-OH is 1. The number of aliphatic hydroxyl groups is 1. The number of hydrogen-bond acceptors (Lipinski definition) is 12. The first-order chi connectivity index (χ1) is 22.2. The number of rotatable bonds is 12. The van der Waals surface area contributed by atoms with Gasteiger partial charge in [0.1, 0.15) is 40.3 Å². The molecule has 0 aliphatic heterocycles. The topological polar surface area (TPSA) is 212 Å². The summed E-state index contributed by atoms with van der Waals surface area (Å²) in [4.78, 5) is 48.1. The highest BCUT2D eigenvalue weighted by atomic mass is 32.2. The SMILES string of the molecule is COC(=O)c1cnc(C(O)C(CCCN=C(NC(=O)OC(C)(C)C)NS(=O)Oc2c(C)cc(OC)c(C)c2C)NC(=O)OC(C)(C)C)[nH]1. The summed E-state index contributed by atoms with van der Waals surface area (Å²) >= 11 is -2.20. The maximum absolute atomic E-state index is 13.1. The van der Waals surface area contributed by atoms with Crippen molar-refractivity contribution in [3.05, 3.63) is 40.5 Å². The quantitative estimate of drug-likeness (QED) is 0.0704. The van der Waals surface area contributed by atoms with E-state index in [9.17, 15) is 23.7 Å². The van der Waals surface area contributed by atoms with Crippen LogP contribution >= 0.6 is 0 Å². The van der Waals surface area contributed by atoms with Gasteiger partial charge >= 0.3 is 29.4 Å². The summed E-state index contributed by atoms with van der Waals surface area (Å²) in [6, 6.07) is 0.821. The molecule has 0 radical (unpaired) electrons. The molecule has 0 aliphatic carbocycles. The number of ether oxygens (including phenoxy) is 4. The van der Waals surface area contributed by atoms with Crippen LogP contribution in [-0.4, -0.2) is 81.4 Å². The molecule has 2 rings (SSSR count). The molecule has 0 spiro atoms. The minimum absolute atomic E-state index is 0.0146. The van der Waals surface area contributed by atoms with Gasteiger partial charge in [0.25, 0.3) is 0 Å². The van der Waals surface area contributed by atoms with Crippen LogP contribution in [0.3, 0.4) is 0 Å². The largest absolute Gasteiger partial charge is 0.496 e. The van der Waals surface area contributed by atoms with Crippen LogP contribution in [0.15, 0.2) is 17.3 Å². The standard InChI is InChI=1S/C31H48N6O10S/c1-17-15-22(43-10)18(2)19(3)24(17)47-48(42)37-27(36-29(41)46-31(7,8)9)32-14-12-13-20(35-28(40)45-30(4,5)6)23(38)25-33-16-21(34-25)26(39)44-11/h15-16,20,23,38H,12-14H2,1-11H3,(H,33,34)(H,35,40)(H2,32,36,37,41). The number of alkyl carbamates (subject to hydrolysis) is 2. The number of esters is 1. The number of aromatic amines is 1. The molecule has 5 N–H and O–H groups in total. The Kier molecular flexibility index (Phi) is 14.2. The number of aryl methyl sites for hydroxylation is 1. The van der Waals surface area contributed by atoms with Crippen LogP contribution in [0.5, 0.6) is 11.5 Å². The van der Waals surface area contributed by atoms with E-state index in [1.165, 1.54) is 13.3 Å². The molecule has 3 atom stereocenters. The van der Waals surface area contributed by atoms with E-state index >= 15 is 0 Å². The molecule has 0 saturated carbocycles. The third-order valence-electron chi connectivity index (χ3n) is 6.46. The summed E-state index contributed by atoms with van der Waals surface area (Å²) in [5, 5.41) is 16.2. The van der Waals surface area contributed by atoms with Crippen molar-refractivity contribution in [3.8, 4) is 11.5 Å². The highest BCUT2D eigenvalue weighted by Gasteiger charge is 2.28. The van der Waals surface area contributed by atoms with Crippen LogP contribution in [0.4, 0.5) is 9.59 Å². The fourth-order valence-corrected chi connectivity index (χ4v) is 4.92. The Balaban J connectivity index is 2.26. The number of imidazole rings is 1. The minimum atomic E-state index is -2.20. The maximum atomic E-state index is 13.1. The van der Waals surface area contributed by atoms with Crippen LogP contribution in [0.25, 0.3) is 0 Å². The highest BCUT2D eigenvalue weighted by Crippen LogP contribution is 2.33. The summed E-state index contributed by atoms with van der Waals surface area (Å²) in [5.41, 5.74) is 0.597. The molecule has 2 aromatic rings. The first-order valence-electron chi connectivity index (χ1n) is 15.1. The molecule has 0 saturated heterocycles. The Morgan fingerprint density at radius 2 is 1.65 bits per heavy atom. The molecule has 0 bridgehead atoms. The molecule has 0 aliphatic rings. The lowest BCUT2D eigenvalue weighted by Gasteiger charge is -2.26. The molecule has 3 unspecified atom stereocenters. The number of nitrogens with one attached hydrogen (secondary N) is 4. The van der Waals surface area contributed by atoms with Crippen LogP contribution in [-0.2, 0) is 25.5 Å². The highest BCUT2D eigenvalue weighted by molar-refractivity contribution is 7.79. The van der Waals surface area contributed by atoms with Crippen molar-refractivity contribution in [2.75, 3.05) is 20.8 Å². The number of methoxy groups -OCH3 is 2. The summed E-state index contributed by atoms with van der Waals surface area (Å²) in [6.45, 7) is 15.6. The van der Waals surface area contributed by atoms with Gasteiger partial charge in [0.05, 0.1) is 26.5 Å². The van der Waals surface area contributed by atoms with Gasteiger partial charge in [-0.25, -0.2) is 24.1 Å². The number of hydrogen-bond donors (Lipinski definition) is 5. The summed E-state index contributed by atoms with van der Waals surface area (Å²) in [5.74, 6) is 0.160. The van der Waals surface area contributed by atoms with Crippen LogP contribution in [0, 0.1) is 20.8 Å². The predicted octanol–water partition coefficient (Wildman–Crippen LogP) is 3.97. The molecular formula is C31H48N6O10S. The Morgan fingerprint density at radius 1 is 1.02 bits per heavy atom. The minimum Gasteiger partial charge on any atom is -0.496 e. The van der Waals surface area contributed by atoms with Gasteiger partial charge in [-0.3, -0.25) is 10.3 Å². The number of carbonyl (C=O) groups excluding carboxylic acids is 3. The van der Waals surface area contributed by atoms with E-state index in [-0.39, 0.29) is 36.9 Å². The van der Waals surface area contributed by atoms with Crippen LogP contribution in [0.2, 0.25) is 0 Å². The van der Waals surface area contributed by atoms with E-state index in [1.54, 1.807) is 68.6 Å². The predicted molar refractivity (Wildman–Crippen MR) is 178 cm³/mol. The van der Waals surface area contributed by atoms with Gasteiger partial charge in [-0.1, -0.05) is 0 Å². The lowest BCUT2D eigenvalue weighted by molar-refractivity contribution is 0.0401. The average Bonchev–Trinajstić information content (AvgIpc) is 3.46. The van der Waals surface area contributed by atoms with E-state index in [1.807, 2.05) is 6.92 Å². The van der Waals surface area contributed by atoms with E-state index < -0.39 is 52.8 Å². The zero-order valence-corrected chi connectivity index (χ0v) is 30.2. The van der Waals surface area contributed by atoms with Gasteiger partial charge in [0, 0.05) is 6.54 Å². The van der Waals surface area contributed by atoms with E-state index in [4.69, 9.17) is 18.4 Å². The zero-order valence-electron chi connectivity index (χ0n) is 29.4. The molecule has 17 heteroatoms. The number of amides is 2. The molecule has 1 heterocycles. The molecule has 48 heavy (non-hydrogen) atoms. The van der Waals surface area contributed by atoms with Crippen molar-refractivity contribution >= 4 is 35.4 Å². The van der Waals surface area contributed by atoms with E-state index in [2.05, 4.69) is 35.1 Å². The van der Waals surface area contributed by atoms with Crippen molar-refractivity contribution in [1.82, 2.24) is 25.3 Å². The number of benzene rings is 1. The molecule has 2 amide bonds. The maximum Gasteiger partial charge on any atom is 0.414 e. The lowest BCUT2D eigenvalue weighted by Crippen LogP contribution is -2.45. The summed E-state index contributed by atoms with van der Waals surface area (Å²) < 4.78 is 42.1. The zero-order chi connectivity index (χ0) is 36.4. The number of carbonyl (C=O) groups is 3. The normalized spacial score (nSPS) is 13.9. The number of nitrogens with zero attached hydrogens (tertiary/aromatic N) is 2. The Hall–Kier alpha value is -4.38. The number of H-pyrrole nitrogens is 1. The van der Waals surface area contributed by atoms with Crippen molar-refractivity contribution < 1.29 is 46.8 Å². The fraction of sp³-hybridized carbons (Fsp3) is 0.581. The van der Waals surface area contributed by atoms with Crippen molar-refractivity contribution in [1.29, 1.82) is 0 Å². The second kappa shape index (κ2) is 17.1. The Labute approximate surface area is 283 Å². The fourth-order valence-electron chi connectivity index (χ4n) is 4.20. The van der Waals surface area contributed by atoms with Crippen molar-refractivity contribution in [3.63, 3.8) is 0 Å². The van der Waals surface area contributed by atoms with Gasteiger partial charge in [-0.05, 0) is 97.9 Å². The number of aromatic nitrogens is 2. The number of guanidine groups is 1. The van der Waals surface area contributed by atoms with Gasteiger partial charge < -0.3 is 38.5 Å². The van der Waals surface area contributed by atoms with Gasteiger partial charge in [-0.15, -0.1) is 0 Å². The van der Waals surface area contributed by atoms with Crippen LogP contribution < -0.4 is 24.3 Å². The van der Waals surface area contributed by atoms with Crippen molar-refractivity contribution in [2.45, 2.75) is 98.5 Å². The molecular weight excluding hydrogens is 648 g/mol. The molecule has 268 valence electrons. The van der Waals surface area contributed by atoms with E-state index in [0.717, 1.165) is 11.1 Å². The van der Waals surface area contributed by atoms with Gasteiger partial charge in [0.15, 0.2) is 0 Å². The Morgan fingerprint density at radius 3 is 2.23 bits per heavy atom. The summed E-state index contributed by atoms with van der Waals surface area (Å²) in [7, 11) is 2.76. The first-order valence-corrected chi connectivity index (χ1v) is 16.2. The number of aliphatic imine (C=N–C) groups is 1. The molecule has 16 nitrogen and oxygen atoms in total. The molecule has 0 fully saturated rings. The first kappa shape index (κ1) is 39.8. The Bertz CT molecular complexity index is 1500. The third-order valence-corrected chi connectivity index (χ3v) is 7.14. The average molecular weight is 697 g/mol. The van der Waals surface area contributed by atoms with Gasteiger partial charge in [0.2, 0.25) is 5.96 Å². The van der Waals surface area contributed by atoms with Crippen molar-refractivity contribution in [2.24, 2.45) is 4.99 Å².